The average molecular weight is 154 g/mol. The van der Waals surface area contributed by atoms with E-state index >= 15 is 0 Å². The van der Waals surface area contributed by atoms with Crippen LogP contribution in [0.4, 0.5) is 0 Å². The molecule has 0 radical (unpaired) electrons. The summed E-state index contributed by atoms with van der Waals surface area (Å²) in [6, 6.07) is 1.74. The van der Waals surface area contributed by atoms with E-state index in [-0.39, 0.29) is 5.57 Å². The molecule has 0 unspecified atom stereocenters. The van der Waals surface area contributed by atoms with E-state index < -0.39 is 5.97 Å². The van der Waals surface area contributed by atoms with Gasteiger partial charge in [0, 0.05) is 0 Å². The molecule has 0 saturated carbocycles. The van der Waals surface area contributed by atoms with Crippen LogP contribution >= 0.6 is 11.3 Å². The summed E-state index contributed by atoms with van der Waals surface area (Å²) in [6.45, 7) is 3.40. The van der Waals surface area contributed by atoms with Crippen molar-refractivity contribution in [3.05, 3.63) is 29.0 Å². The minimum atomic E-state index is -0.960. The molecule has 0 aromatic carbocycles. The predicted octanol–water partition coefficient (Wildman–Crippen LogP) is 1.85. The van der Waals surface area contributed by atoms with Gasteiger partial charge in [-0.05, 0) is 22.4 Å². The molecule has 1 aromatic heterocycles. The minimum Gasteiger partial charge on any atom is -0.478 e. The molecule has 0 fully saturated rings. The molecule has 2 nitrogen and oxygen atoms in total. The summed E-state index contributed by atoms with van der Waals surface area (Å²) in [6.07, 6.45) is 0. The van der Waals surface area contributed by atoms with Crippen molar-refractivity contribution in [2.45, 2.75) is 0 Å². The first kappa shape index (κ1) is 7.02. The van der Waals surface area contributed by atoms with Gasteiger partial charge in [0.1, 0.15) is 0 Å². The summed E-state index contributed by atoms with van der Waals surface area (Å²) in [7, 11) is 0. The summed E-state index contributed by atoms with van der Waals surface area (Å²) in [5, 5.41) is 12.0. The van der Waals surface area contributed by atoms with Crippen molar-refractivity contribution >= 4 is 22.9 Å². The zero-order valence-electron chi connectivity index (χ0n) is 5.20. The highest BCUT2D eigenvalue weighted by Gasteiger charge is 2.05. The van der Waals surface area contributed by atoms with E-state index in [1.807, 2.05) is 5.38 Å². The number of carboxylic acid groups (broad SMARTS) is 1. The molecule has 1 aromatic rings. The van der Waals surface area contributed by atoms with Crippen molar-refractivity contribution < 1.29 is 9.90 Å². The third-order valence-electron chi connectivity index (χ3n) is 1.13. The molecule has 52 valence electrons. The first-order chi connectivity index (χ1) is 4.72. The molecule has 0 aliphatic carbocycles. The quantitative estimate of drug-likeness (QED) is 0.660. The number of carbonyl (C=O) groups is 1. The fourth-order valence-electron chi connectivity index (χ4n) is 0.560. The second-order valence-corrected chi connectivity index (χ2v) is 2.58. The van der Waals surface area contributed by atoms with Gasteiger partial charge in [0.05, 0.1) is 5.57 Å². The van der Waals surface area contributed by atoms with E-state index in [0.29, 0.717) is 5.56 Å². The van der Waals surface area contributed by atoms with Crippen molar-refractivity contribution in [2.75, 3.05) is 0 Å². The fourth-order valence-corrected chi connectivity index (χ4v) is 1.23. The maximum absolute atomic E-state index is 10.3. The first-order valence-electron chi connectivity index (χ1n) is 2.66. The number of rotatable bonds is 2. The van der Waals surface area contributed by atoms with Gasteiger partial charge in [-0.2, -0.15) is 11.3 Å². The molecule has 0 atom stereocenters. The van der Waals surface area contributed by atoms with Crippen LogP contribution in [0.1, 0.15) is 5.56 Å². The normalized spacial score (nSPS) is 9.20. The Morgan fingerprint density at radius 3 is 2.80 bits per heavy atom. The van der Waals surface area contributed by atoms with Crippen molar-refractivity contribution in [3.8, 4) is 0 Å². The zero-order valence-corrected chi connectivity index (χ0v) is 6.02. The zero-order chi connectivity index (χ0) is 7.56. The van der Waals surface area contributed by atoms with E-state index in [4.69, 9.17) is 5.11 Å². The number of hydrogen-bond acceptors (Lipinski definition) is 2. The molecule has 0 aliphatic rings. The lowest BCUT2D eigenvalue weighted by molar-refractivity contribution is -0.130. The molecule has 1 heterocycles. The summed E-state index contributed by atoms with van der Waals surface area (Å²) < 4.78 is 0. The maximum atomic E-state index is 10.3. The lowest BCUT2D eigenvalue weighted by Crippen LogP contribution is -1.95. The number of thiophene rings is 1. The molecule has 0 bridgehead atoms. The molecule has 10 heavy (non-hydrogen) atoms. The van der Waals surface area contributed by atoms with Gasteiger partial charge in [-0.25, -0.2) is 4.79 Å². The molecule has 0 spiro atoms. The molecule has 0 amide bonds. The van der Waals surface area contributed by atoms with Crippen LogP contribution in [0, 0.1) is 0 Å². The van der Waals surface area contributed by atoms with Crippen LogP contribution in [0.15, 0.2) is 23.4 Å². The molecule has 0 saturated heterocycles. The van der Waals surface area contributed by atoms with E-state index in [1.54, 1.807) is 11.4 Å². The van der Waals surface area contributed by atoms with Gasteiger partial charge in [0.25, 0.3) is 0 Å². The summed E-state index contributed by atoms with van der Waals surface area (Å²) in [5.74, 6) is -0.960. The first-order valence-corrected chi connectivity index (χ1v) is 3.61. The van der Waals surface area contributed by atoms with Gasteiger partial charge in [-0.15, -0.1) is 0 Å². The van der Waals surface area contributed by atoms with Crippen molar-refractivity contribution in [3.63, 3.8) is 0 Å². The largest absolute Gasteiger partial charge is 0.478 e. The van der Waals surface area contributed by atoms with Crippen molar-refractivity contribution in [1.82, 2.24) is 0 Å². The van der Waals surface area contributed by atoms with E-state index in [0.717, 1.165) is 0 Å². The molecule has 0 aliphatic heterocycles. The SMILES string of the molecule is C=C(C(=O)O)c1ccsc1. The van der Waals surface area contributed by atoms with Gasteiger partial charge >= 0.3 is 5.97 Å². The van der Waals surface area contributed by atoms with E-state index in [1.165, 1.54) is 11.3 Å². The third-order valence-corrected chi connectivity index (χ3v) is 1.81. The Labute approximate surface area is 62.4 Å². The Morgan fingerprint density at radius 2 is 2.40 bits per heavy atom. The Bertz CT molecular complexity index is 249. The van der Waals surface area contributed by atoms with Crippen LogP contribution < -0.4 is 0 Å². The minimum absolute atomic E-state index is 0.154. The lowest BCUT2D eigenvalue weighted by atomic mass is 10.2. The Morgan fingerprint density at radius 1 is 1.70 bits per heavy atom. The molecule has 1 rings (SSSR count). The van der Waals surface area contributed by atoms with E-state index in [2.05, 4.69) is 6.58 Å². The van der Waals surface area contributed by atoms with E-state index in [9.17, 15) is 4.79 Å². The Hall–Kier alpha value is -1.09. The predicted molar refractivity (Wildman–Crippen MR) is 41.0 cm³/mol. The van der Waals surface area contributed by atoms with Crippen LogP contribution in [0.3, 0.4) is 0 Å². The number of carboxylic acids is 1. The highest BCUT2D eigenvalue weighted by molar-refractivity contribution is 7.08. The van der Waals surface area contributed by atoms with Gasteiger partial charge in [-0.1, -0.05) is 6.58 Å². The van der Waals surface area contributed by atoms with Crippen LogP contribution in [-0.2, 0) is 4.79 Å². The monoisotopic (exact) mass is 154 g/mol. The van der Waals surface area contributed by atoms with Crippen LogP contribution in [0.2, 0.25) is 0 Å². The standard InChI is InChI=1S/C7H6O2S/c1-5(7(8)9)6-2-3-10-4-6/h2-4H,1H2,(H,8,9). The second kappa shape index (κ2) is 2.66. The summed E-state index contributed by atoms with van der Waals surface area (Å²) in [4.78, 5) is 10.3. The second-order valence-electron chi connectivity index (χ2n) is 1.80. The Balaban J connectivity index is 2.88. The topological polar surface area (TPSA) is 37.3 Å². The molecular weight excluding hydrogens is 148 g/mol. The van der Waals surface area contributed by atoms with Crippen LogP contribution in [0.25, 0.3) is 5.57 Å². The molecule has 3 heteroatoms. The van der Waals surface area contributed by atoms with Gasteiger partial charge in [0.15, 0.2) is 0 Å². The maximum Gasteiger partial charge on any atom is 0.335 e. The highest BCUT2D eigenvalue weighted by Crippen LogP contribution is 2.15. The number of aliphatic carboxylic acids is 1. The lowest BCUT2D eigenvalue weighted by Gasteiger charge is -1.91. The molecule has 1 N–H and O–H groups in total. The average Bonchev–Trinajstić information content (AvgIpc) is 2.36. The number of hydrogen-bond donors (Lipinski definition) is 1. The third kappa shape index (κ3) is 1.25. The van der Waals surface area contributed by atoms with Gasteiger partial charge < -0.3 is 5.11 Å². The fraction of sp³-hybridized carbons (Fsp3) is 0. The summed E-state index contributed by atoms with van der Waals surface area (Å²) >= 11 is 1.46. The van der Waals surface area contributed by atoms with Gasteiger partial charge in [0.2, 0.25) is 0 Å². The molecular formula is C7H6O2S. The van der Waals surface area contributed by atoms with Crippen LogP contribution in [0.5, 0.6) is 0 Å². The van der Waals surface area contributed by atoms with Crippen molar-refractivity contribution in [1.29, 1.82) is 0 Å². The smallest absolute Gasteiger partial charge is 0.335 e. The van der Waals surface area contributed by atoms with Crippen molar-refractivity contribution in [2.24, 2.45) is 0 Å². The van der Waals surface area contributed by atoms with Gasteiger partial charge in [-0.3, -0.25) is 0 Å². The Kier molecular flexibility index (Phi) is 1.87. The highest BCUT2D eigenvalue weighted by atomic mass is 32.1. The van der Waals surface area contributed by atoms with Crippen LogP contribution in [-0.4, -0.2) is 11.1 Å². The summed E-state index contributed by atoms with van der Waals surface area (Å²) in [5.41, 5.74) is 0.846.